The van der Waals surface area contributed by atoms with Crippen molar-refractivity contribution in [1.29, 1.82) is 0 Å². The minimum atomic E-state index is 0. The molecule has 0 aliphatic rings. The zero-order valence-corrected chi connectivity index (χ0v) is 16.8. The van der Waals surface area contributed by atoms with Gasteiger partial charge in [0.1, 0.15) is 11.3 Å². The third-order valence-electron chi connectivity index (χ3n) is 4.83. The highest BCUT2D eigenvalue weighted by molar-refractivity contribution is 5.85. The number of hydrogen-bond acceptors (Lipinski definition) is 4. The predicted molar refractivity (Wildman–Crippen MR) is 126 cm³/mol. The van der Waals surface area contributed by atoms with E-state index in [0.717, 1.165) is 39.5 Å². The van der Waals surface area contributed by atoms with Crippen LogP contribution in [0.3, 0.4) is 0 Å². The van der Waals surface area contributed by atoms with Crippen LogP contribution in [0, 0.1) is 6.92 Å². The minimum Gasteiger partial charge on any atom is -0.383 e. The SMILES string of the molecule is C.C/C=C\C(=C/C)c1ccc2nc(-c3cccnc3N)n(-c3ccc(C)cc3)c2n1. The predicted octanol–water partition coefficient (Wildman–Crippen LogP) is 5.99. The molecule has 0 aliphatic carbocycles. The van der Waals surface area contributed by atoms with E-state index in [-0.39, 0.29) is 7.43 Å². The van der Waals surface area contributed by atoms with Gasteiger partial charge in [0.25, 0.3) is 0 Å². The van der Waals surface area contributed by atoms with E-state index in [1.165, 1.54) is 5.56 Å². The molecule has 0 bridgehead atoms. The molecule has 5 nitrogen and oxygen atoms in total. The molecule has 0 saturated heterocycles. The van der Waals surface area contributed by atoms with Crippen molar-refractivity contribution in [2.24, 2.45) is 0 Å². The number of nitrogens with two attached hydrogens (primary N) is 1. The number of nitrogen functional groups attached to an aromatic ring is 1. The fourth-order valence-electron chi connectivity index (χ4n) is 3.35. The van der Waals surface area contributed by atoms with Gasteiger partial charge in [0.05, 0.1) is 11.3 Å². The number of anilines is 1. The van der Waals surface area contributed by atoms with Gasteiger partial charge in [-0.2, -0.15) is 0 Å². The number of benzene rings is 1. The van der Waals surface area contributed by atoms with E-state index in [9.17, 15) is 0 Å². The average molecular weight is 398 g/mol. The lowest BCUT2D eigenvalue weighted by molar-refractivity contribution is 1.07. The quantitative estimate of drug-likeness (QED) is 0.430. The summed E-state index contributed by atoms with van der Waals surface area (Å²) in [7, 11) is 0. The van der Waals surface area contributed by atoms with Crippen molar-refractivity contribution >= 4 is 22.6 Å². The van der Waals surface area contributed by atoms with Gasteiger partial charge in [0, 0.05) is 11.9 Å². The Morgan fingerprint density at radius 1 is 1.00 bits per heavy atom. The smallest absolute Gasteiger partial charge is 0.165 e. The Labute approximate surface area is 177 Å². The molecule has 0 unspecified atom stereocenters. The molecular formula is C25H27N5. The van der Waals surface area contributed by atoms with Gasteiger partial charge in [0.15, 0.2) is 11.5 Å². The van der Waals surface area contributed by atoms with Crippen LogP contribution in [-0.4, -0.2) is 19.5 Å². The Balaban J connectivity index is 0.00000256. The number of hydrogen-bond donors (Lipinski definition) is 1. The highest BCUT2D eigenvalue weighted by Crippen LogP contribution is 2.31. The molecule has 3 aromatic heterocycles. The number of nitrogens with zero attached hydrogens (tertiary/aromatic N) is 4. The van der Waals surface area contributed by atoms with E-state index in [1.54, 1.807) is 6.20 Å². The van der Waals surface area contributed by atoms with E-state index in [4.69, 9.17) is 15.7 Å². The fourth-order valence-corrected chi connectivity index (χ4v) is 3.35. The van der Waals surface area contributed by atoms with Gasteiger partial charge in [-0.3, -0.25) is 4.57 Å². The molecule has 0 radical (unpaired) electrons. The zero-order chi connectivity index (χ0) is 20.4. The molecule has 3 heterocycles. The number of rotatable bonds is 4. The standard InChI is InChI=1S/C24H23N5.CH4/c1-4-7-17(5-2)20-13-14-21-24(27-20)29(18-11-9-16(3)10-12-18)23(28-21)19-8-6-15-26-22(19)25;/h4-15H,1-3H3,(H2,25,26);1H4/b7-4-,17-5+;. The van der Waals surface area contributed by atoms with Crippen LogP contribution >= 0.6 is 0 Å². The molecule has 1 aromatic carbocycles. The molecule has 0 amide bonds. The first kappa shape index (κ1) is 21.0. The highest BCUT2D eigenvalue weighted by Gasteiger charge is 2.18. The van der Waals surface area contributed by atoms with Crippen molar-refractivity contribution in [2.75, 3.05) is 5.73 Å². The lowest BCUT2D eigenvalue weighted by Gasteiger charge is -2.11. The fraction of sp³-hybridized carbons (Fsp3) is 0.160. The van der Waals surface area contributed by atoms with Gasteiger partial charge < -0.3 is 5.73 Å². The number of aromatic nitrogens is 4. The van der Waals surface area contributed by atoms with Gasteiger partial charge >= 0.3 is 0 Å². The molecule has 5 heteroatoms. The Kier molecular flexibility index (Phi) is 6.11. The molecule has 4 aromatic rings. The van der Waals surface area contributed by atoms with Crippen LogP contribution in [0.25, 0.3) is 33.8 Å². The van der Waals surface area contributed by atoms with Crippen molar-refractivity contribution in [3.63, 3.8) is 0 Å². The topological polar surface area (TPSA) is 69.6 Å². The lowest BCUT2D eigenvalue weighted by atomic mass is 10.1. The second-order valence-electron chi connectivity index (χ2n) is 6.83. The highest BCUT2D eigenvalue weighted by atomic mass is 15.1. The molecule has 4 rings (SSSR count). The largest absolute Gasteiger partial charge is 0.383 e. The van der Waals surface area contributed by atoms with E-state index >= 15 is 0 Å². The van der Waals surface area contributed by atoms with Crippen LogP contribution < -0.4 is 5.73 Å². The molecule has 0 fully saturated rings. The Morgan fingerprint density at radius 2 is 1.77 bits per heavy atom. The number of pyridine rings is 2. The van der Waals surface area contributed by atoms with Gasteiger partial charge in [0.2, 0.25) is 0 Å². The van der Waals surface area contributed by atoms with Crippen LogP contribution in [0.15, 0.2) is 73.0 Å². The minimum absolute atomic E-state index is 0. The average Bonchev–Trinajstić information content (AvgIpc) is 3.11. The van der Waals surface area contributed by atoms with Crippen LogP contribution in [0.4, 0.5) is 5.82 Å². The van der Waals surface area contributed by atoms with Gasteiger partial charge in [-0.1, -0.05) is 43.4 Å². The van der Waals surface area contributed by atoms with E-state index in [2.05, 4.69) is 52.9 Å². The van der Waals surface area contributed by atoms with Crippen LogP contribution in [0.1, 0.15) is 32.5 Å². The number of fused-ring (bicyclic) bond motifs is 1. The second kappa shape index (κ2) is 8.74. The van der Waals surface area contributed by atoms with Crippen molar-refractivity contribution in [3.8, 4) is 17.1 Å². The lowest BCUT2D eigenvalue weighted by Crippen LogP contribution is -2.02. The van der Waals surface area contributed by atoms with Gasteiger partial charge in [-0.15, -0.1) is 0 Å². The Hall–Kier alpha value is -3.73. The summed E-state index contributed by atoms with van der Waals surface area (Å²) < 4.78 is 2.05. The summed E-state index contributed by atoms with van der Waals surface area (Å²) in [6.07, 6.45) is 7.81. The van der Waals surface area contributed by atoms with Crippen molar-refractivity contribution in [1.82, 2.24) is 19.5 Å². The molecule has 0 spiro atoms. The van der Waals surface area contributed by atoms with E-state index in [0.29, 0.717) is 5.82 Å². The summed E-state index contributed by atoms with van der Waals surface area (Å²) >= 11 is 0. The normalized spacial score (nSPS) is 11.8. The third kappa shape index (κ3) is 3.74. The first-order chi connectivity index (χ1) is 14.1. The monoisotopic (exact) mass is 397 g/mol. The summed E-state index contributed by atoms with van der Waals surface area (Å²) in [5.41, 5.74) is 12.7. The number of allylic oxidation sites excluding steroid dienone is 4. The zero-order valence-electron chi connectivity index (χ0n) is 16.8. The van der Waals surface area contributed by atoms with Crippen LogP contribution in [-0.2, 0) is 0 Å². The van der Waals surface area contributed by atoms with Gasteiger partial charge in [-0.05, 0) is 62.7 Å². The maximum absolute atomic E-state index is 6.18. The van der Waals surface area contributed by atoms with E-state index in [1.807, 2.05) is 44.2 Å². The summed E-state index contributed by atoms with van der Waals surface area (Å²) in [6, 6.07) is 16.1. The van der Waals surface area contributed by atoms with Crippen molar-refractivity contribution in [2.45, 2.75) is 28.2 Å². The Bertz CT molecular complexity index is 1230. The molecule has 0 saturated carbocycles. The van der Waals surface area contributed by atoms with Crippen molar-refractivity contribution < 1.29 is 0 Å². The van der Waals surface area contributed by atoms with Gasteiger partial charge in [-0.25, -0.2) is 15.0 Å². The third-order valence-corrected chi connectivity index (χ3v) is 4.83. The van der Waals surface area contributed by atoms with Crippen molar-refractivity contribution in [3.05, 3.63) is 84.2 Å². The maximum Gasteiger partial charge on any atom is 0.165 e. The first-order valence-corrected chi connectivity index (χ1v) is 9.59. The number of imidazole rings is 1. The molecule has 30 heavy (non-hydrogen) atoms. The summed E-state index contributed by atoms with van der Waals surface area (Å²) in [5, 5.41) is 0. The van der Waals surface area contributed by atoms with Crippen LogP contribution in [0.5, 0.6) is 0 Å². The van der Waals surface area contributed by atoms with Crippen LogP contribution in [0.2, 0.25) is 0 Å². The molecule has 0 atom stereocenters. The molecule has 2 N–H and O–H groups in total. The Morgan fingerprint density at radius 3 is 2.43 bits per heavy atom. The maximum atomic E-state index is 6.18. The summed E-state index contributed by atoms with van der Waals surface area (Å²) in [5.74, 6) is 1.17. The second-order valence-corrected chi connectivity index (χ2v) is 6.83. The molecular weight excluding hydrogens is 370 g/mol. The van der Waals surface area contributed by atoms with E-state index < -0.39 is 0 Å². The summed E-state index contributed by atoms with van der Waals surface area (Å²) in [4.78, 5) is 14.1. The summed E-state index contributed by atoms with van der Waals surface area (Å²) in [6.45, 7) is 6.09. The molecule has 152 valence electrons. The first-order valence-electron chi connectivity index (χ1n) is 9.59. The number of aryl methyl sites for hydroxylation is 1. The molecule has 0 aliphatic heterocycles.